The predicted octanol–water partition coefficient (Wildman–Crippen LogP) is 5.78. The van der Waals surface area contributed by atoms with Gasteiger partial charge in [0, 0.05) is 11.1 Å². The molecule has 0 unspecified atom stereocenters. The Bertz CT molecular complexity index is 1590. The summed E-state index contributed by atoms with van der Waals surface area (Å²) in [5, 5.41) is 11.9. The van der Waals surface area contributed by atoms with Crippen LogP contribution in [0.25, 0.3) is 23.4 Å². The van der Waals surface area contributed by atoms with Crippen molar-refractivity contribution in [2.45, 2.75) is 25.9 Å². The Kier molecular flexibility index (Phi) is 7.21. The van der Waals surface area contributed by atoms with Crippen molar-refractivity contribution in [3.05, 3.63) is 111 Å². The molecule has 4 aromatic rings. The van der Waals surface area contributed by atoms with Crippen LogP contribution in [0, 0.1) is 29.1 Å². The molecule has 3 aromatic carbocycles. The molecule has 0 radical (unpaired) electrons. The summed E-state index contributed by atoms with van der Waals surface area (Å²) in [5.74, 6) is -11.7. The predicted molar refractivity (Wildman–Crippen MR) is 135 cm³/mol. The topological polar surface area (TPSA) is 75.1 Å². The van der Waals surface area contributed by atoms with Gasteiger partial charge in [-0.25, -0.2) is 31.9 Å². The third-order valence-corrected chi connectivity index (χ3v) is 6.36. The van der Waals surface area contributed by atoms with E-state index in [-0.39, 0.29) is 18.1 Å². The molecule has 1 aliphatic rings. The molecule has 0 spiro atoms. The number of carbonyl (C=O) groups is 1. The number of hydrogen-bond donors (Lipinski definition) is 2. The van der Waals surface area contributed by atoms with E-state index in [2.05, 4.69) is 10.3 Å². The monoisotopic (exact) mass is 537 g/mol. The number of nitrogens with zero attached hydrogens (tertiary/aromatic N) is 2. The minimum Gasteiger partial charge on any atom is -0.392 e. The molecule has 0 bridgehead atoms. The molecule has 10 heteroatoms. The Hall–Kier alpha value is -4.44. The van der Waals surface area contributed by atoms with E-state index in [9.17, 15) is 31.9 Å². The fourth-order valence-corrected chi connectivity index (χ4v) is 4.40. The van der Waals surface area contributed by atoms with Gasteiger partial charge in [-0.1, -0.05) is 54.6 Å². The van der Waals surface area contributed by atoms with Crippen LogP contribution in [0.1, 0.15) is 33.6 Å². The number of halogens is 5. The molecule has 5 nitrogen and oxygen atoms in total. The lowest BCUT2D eigenvalue weighted by Gasteiger charge is -2.21. The third kappa shape index (κ3) is 5.15. The summed E-state index contributed by atoms with van der Waals surface area (Å²) in [6.45, 7) is -0.106. The molecule has 0 saturated heterocycles. The number of hydrogen-bond acceptors (Lipinski definition) is 4. The van der Waals surface area contributed by atoms with Gasteiger partial charge in [0.05, 0.1) is 24.4 Å². The number of amides is 1. The van der Waals surface area contributed by atoms with Gasteiger partial charge in [-0.05, 0) is 35.6 Å². The van der Waals surface area contributed by atoms with Crippen LogP contribution >= 0.6 is 0 Å². The Labute approximate surface area is 219 Å². The number of aryl methyl sites for hydroxylation is 2. The largest absolute Gasteiger partial charge is 0.392 e. The highest BCUT2D eigenvalue weighted by Gasteiger charge is 2.28. The number of nitrogens with one attached hydrogen (secondary N) is 1. The first-order valence-corrected chi connectivity index (χ1v) is 11.9. The Morgan fingerprint density at radius 2 is 1.56 bits per heavy atom. The quantitative estimate of drug-likeness (QED) is 0.186. The zero-order chi connectivity index (χ0) is 27.7. The lowest BCUT2D eigenvalue weighted by molar-refractivity contribution is -0.115. The minimum absolute atomic E-state index is 0.0229. The second kappa shape index (κ2) is 10.7. The van der Waals surface area contributed by atoms with Gasteiger partial charge in [-0.3, -0.25) is 4.79 Å². The van der Waals surface area contributed by atoms with Crippen molar-refractivity contribution in [3.8, 4) is 11.3 Å². The maximum absolute atomic E-state index is 14.2. The molecule has 1 amide bonds. The van der Waals surface area contributed by atoms with Crippen LogP contribution in [-0.2, 0) is 30.7 Å². The summed E-state index contributed by atoms with van der Waals surface area (Å²) < 4.78 is 69.0. The van der Waals surface area contributed by atoms with E-state index in [1.165, 1.54) is 0 Å². The van der Waals surface area contributed by atoms with Gasteiger partial charge < -0.3 is 10.4 Å². The number of benzene rings is 3. The number of rotatable bonds is 6. The van der Waals surface area contributed by atoms with Crippen molar-refractivity contribution in [1.29, 1.82) is 0 Å². The van der Waals surface area contributed by atoms with Crippen LogP contribution in [0.15, 0.2) is 48.5 Å². The normalized spacial score (nSPS) is 12.4. The van der Waals surface area contributed by atoms with E-state index in [4.69, 9.17) is 4.98 Å². The van der Waals surface area contributed by atoms with Crippen LogP contribution in [0.2, 0.25) is 0 Å². The lowest BCUT2D eigenvalue weighted by atomic mass is 9.90. The fraction of sp³-hybridized carbons (Fsp3) is 0.138. The molecular formula is C29H20F5N3O2. The van der Waals surface area contributed by atoms with E-state index < -0.39 is 47.0 Å². The molecule has 1 aliphatic carbocycles. The fourth-order valence-electron chi connectivity index (χ4n) is 4.40. The second-order valence-electron chi connectivity index (χ2n) is 8.92. The third-order valence-electron chi connectivity index (χ3n) is 6.36. The summed E-state index contributed by atoms with van der Waals surface area (Å²) in [7, 11) is 0. The van der Waals surface area contributed by atoms with E-state index in [0.29, 0.717) is 24.2 Å². The molecule has 0 aliphatic heterocycles. The van der Waals surface area contributed by atoms with Crippen LogP contribution in [0.5, 0.6) is 0 Å². The molecule has 0 atom stereocenters. The van der Waals surface area contributed by atoms with E-state index >= 15 is 0 Å². The van der Waals surface area contributed by atoms with Crippen molar-refractivity contribution in [2.75, 3.05) is 5.32 Å². The van der Waals surface area contributed by atoms with Crippen molar-refractivity contribution in [3.63, 3.8) is 0 Å². The summed E-state index contributed by atoms with van der Waals surface area (Å²) in [4.78, 5) is 22.0. The molecule has 198 valence electrons. The summed E-state index contributed by atoms with van der Waals surface area (Å²) in [6.07, 6.45) is 3.29. The van der Waals surface area contributed by atoms with Gasteiger partial charge in [0.15, 0.2) is 29.1 Å². The molecule has 0 saturated carbocycles. The summed E-state index contributed by atoms with van der Waals surface area (Å²) >= 11 is 0. The van der Waals surface area contributed by atoms with Crippen molar-refractivity contribution < 1.29 is 31.9 Å². The number of aliphatic hydroxyl groups is 1. The highest BCUT2D eigenvalue weighted by Crippen LogP contribution is 2.34. The van der Waals surface area contributed by atoms with E-state index in [1.807, 2.05) is 42.5 Å². The molecule has 5 rings (SSSR count). The van der Waals surface area contributed by atoms with Crippen LogP contribution in [-0.4, -0.2) is 21.0 Å². The van der Waals surface area contributed by atoms with Crippen molar-refractivity contribution in [2.24, 2.45) is 0 Å². The summed E-state index contributed by atoms with van der Waals surface area (Å²) in [5.41, 5.74) is 3.48. The minimum atomic E-state index is -2.30. The molecule has 1 aromatic heterocycles. The van der Waals surface area contributed by atoms with Gasteiger partial charge in [0.2, 0.25) is 11.7 Å². The zero-order valence-electron chi connectivity index (χ0n) is 20.2. The van der Waals surface area contributed by atoms with Crippen LogP contribution < -0.4 is 5.32 Å². The standard InChI is InChI=1S/C29H20F5N3O2/c30-23-19(24(31)26(33)27(34)25(23)32)13-22(39)37-29-21(10-7-15-4-2-1-3-5-15)35-28-18-9-6-16(14-38)12-17(18)8-11-20(28)36-29/h1-7,9-10,12,38H,8,11,13-14H2,(H,36,37,39)/b10-7+. The van der Waals surface area contributed by atoms with Gasteiger partial charge in [0.25, 0.3) is 0 Å². The van der Waals surface area contributed by atoms with Crippen LogP contribution in [0.3, 0.4) is 0 Å². The highest BCUT2D eigenvalue weighted by molar-refractivity contribution is 5.94. The molecule has 0 fully saturated rings. The number of fused-ring (bicyclic) bond motifs is 3. The van der Waals surface area contributed by atoms with E-state index in [0.717, 1.165) is 22.3 Å². The first kappa shape index (κ1) is 26.2. The SMILES string of the molecule is O=C(Cc1c(F)c(F)c(F)c(F)c1F)Nc1nc2c(nc1/C=C/c1ccccc1)-c1ccc(CO)cc1CC2. The van der Waals surface area contributed by atoms with Gasteiger partial charge in [-0.2, -0.15) is 0 Å². The first-order valence-electron chi connectivity index (χ1n) is 11.9. The van der Waals surface area contributed by atoms with Crippen molar-refractivity contribution in [1.82, 2.24) is 9.97 Å². The maximum atomic E-state index is 14.2. The number of aliphatic hydroxyl groups excluding tert-OH is 1. The molecular weight excluding hydrogens is 517 g/mol. The second-order valence-corrected chi connectivity index (χ2v) is 8.92. The Balaban J connectivity index is 1.53. The number of aromatic nitrogens is 2. The molecule has 39 heavy (non-hydrogen) atoms. The zero-order valence-corrected chi connectivity index (χ0v) is 20.2. The van der Waals surface area contributed by atoms with Gasteiger partial charge in [0.1, 0.15) is 5.69 Å². The van der Waals surface area contributed by atoms with Gasteiger partial charge in [-0.15, -0.1) is 0 Å². The lowest BCUT2D eigenvalue weighted by Crippen LogP contribution is -2.21. The number of carbonyl (C=O) groups excluding carboxylic acids is 1. The Morgan fingerprint density at radius 1 is 0.872 bits per heavy atom. The molecule has 1 heterocycles. The average Bonchev–Trinajstić information content (AvgIpc) is 2.96. The summed E-state index contributed by atoms with van der Waals surface area (Å²) in [6, 6.07) is 14.7. The first-order chi connectivity index (χ1) is 18.8. The maximum Gasteiger partial charge on any atom is 0.230 e. The van der Waals surface area contributed by atoms with Crippen molar-refractivity contribution >= 4 is 23.9 Å². The Morgan fingerprint density at radius 3 is 2.26 bits per heavy atom. The average molecular weight is 537 g/mol. The van der Waals surface area contributed by atoms with Gasteiger partial charge >= 0.3 is 0 Å². The number of anilines is 1. The highest BCUT2D eigenvalue weighted by atomic mass is 19.2. The molecule has 2 N–H and O–H groups in total. The smallest absolute Gasteiger partial charge is 0.230 e. The van der Waals surface area contributed by atoms with Crippen LogP contribution in [0.4, 0.5) is 27.8 Å². The van der Waals surface area contributed by atoms with E-state index in [1.54, 1.807) is 18.2 Å².